The summed E-state index contributed by atoms with van der Waals surface area (Å²) in [6.45, 7) is 1.81. The third kappa shape index (κ3) is 2.20. The molecular formula is C11H9N3O3. The van der Waals surface area contributed by atoms with Crippen molar-refractivity contribution in [2.75, 3.05) is 0 Å². The smallest absolute Gasteiger partial charge is 0.377 e. The maximum Gasteiger partial charge on any atom is 0.377 e. The van der Waals surface area contributed by atoms with Gasteiger partial charge >= 0.3 is 5.97 Å². The molecule has 0 fully saturated rings. The molecular weight excluding hydrogens is 222 g/mol. The molecule has 6 heteroatoms. The Hall–Kier alpha value is -2.50. The number of carbonyl (C=O) groups excluding carboxylic acids is 1. The fraction of sp³-hybridized carbons (Fsp3) is 0.0909. The number of nitrogens with zero attached hydrogens (tertiary/aromatic N) is 3. The average Bonchev–Trinajstić information content (AvgIpc) is 2.75. The second kappa shape index (κ2) is 4.17. The number of hydrogen-bond acceptors (Lipinski definition) is 4. The SMILES string of the molecule is Cc1cnn(-c2ccc(C(=O)C(=O)O)cc2)n1. The minimum absolute atomic E-state index is 0.130. The van der Waals surface area contributed by atoms with E-state index in [-0.39, 0.29) is 5.56 Å². The van der Waals surface area contributed by atoms with Crippen LogP contribution in [-0.2, 0) is 4.79 Å². The van der Waals surface area contributed by atoms with Crippen LogP contribution in [0.25, 0.3) is 5.69 Å². The van der Waals surface area contributed by atoms with E-state index < -0.39 is 11.8 Å². The van der Waals surface area contributed by atoms with Crippen molar-refractivity contribution in [3.8, 4) is 5.69 Å². The highest BCUT2D eigenvalue weighted by Crippen LogP contribution is 2.08. The molecule has 1 aromatic carbocycles. The fourth-order valence-corrected chi connectivity index (χ4v) is 1.33. The highest BCUT2D eigenvalue weighted by Gasteiger charge is 2.14. The van der Waals surface area contributed by atoms with Gasteiger partial charge in [-0.3, -0.25) is 4.79 Å². The molecule has 0 aliphatic heterocycles. The predicted octanol–water partition coefficient (Wildman–Crippen LogP) is 0.843. The van der Waals surface area contributed by atoms with E-state index in [9.17, 15) is 9.59 Å². The molecule has 6 nitrogen and oxygen atoms in total. The third-order valence-corrected chi connectivity index (χ3v) is 2.16. The van der Waals surface area contributed by atoms with Gasteiger partial charge < -0.3 is 5.11 Å². The standard InChI is InChI=1S/C11H9N3O3/c1-7-6-12-14(13-7)9-4-2-8(3-5-9)10(15)11(16)17/h2-6H,1H3,(H,16,17). The number of carboxylic acids is 1. The monoisotopic (exact) mass is 231 g/mol. The van der Waals surface area contributed by atoms with Gasteiger partial charge in [-0.15, -0.1) is 0 Å². The van der Waals surface area contributed by atoms with Crippen LogP contribution in [0, 0.1) is 6.92 Å². The van der Waals surface area contributed by atoms with Gasteiger partial charge in [-0.05, 0) is 31.2 Å². The van der Waals surface area contributed by atoms with Gasteiger partial charge in [-0.25, -0.2) is 4.79 Å². The van der Waals surface area contributed by atoms with Crippen molar-refractivity contribution in [2.45, 2.75) is 6.92 Å². The van der Waals surface area contributed by atoms with Crippen LogP contribution in [0.3, 0.4) is 0 Å². The van der Waals surface area contributed by atoms with Crippen LogP contribution >= 0.6 is 0 Å². The lowest BCUT2D eigenvalue weighted by molar-refractivity contribution is -0.131. The normalized spacial score (nSPS) is 10.2. The molecule has 17 heavy (non-hydrogen) atoms. The van der Waals surface area contributed by atoms with Gasteiger partial charge in [0.25, 0.3) is 5.78 Å². The van der Waals surface area contributed by atoms with Crippen LogP contribution in [-0.4, -0.2) is 31.9 Å². The average molecular weight is 231 g/mol. The second-order valence-electron chi connectivity index (χ2n) is 3.46. The number of aliphatic carboxylic acids is 1. The summed E-state index contributed by atoms with van der Waals surface area (Å²) in [6, 6.07) is 6.06. The zero-order chi connectivity index (χ0) is 12.4. The van der Waals surface area contributed by atoms with Gasteiger partial charge in [0.05, 0.1) is 17.6 Å². The van der Waals surface area contributed by atoms with E-state index in [1.807, 2.05) is 6.92 Å². The number of hydrogen-bond donors (Lipinski definition) is 1. The Morgan fingerprint density at radius 2 is 1.88 bits per heavy atom. The van der Waals surface area contributed by atoms with E-state index >= 15 is 0 Å². The van der Waals surface area contributed by atoms with E-state index in [0.717, 1.165) is 5.69 Å². The van der Waals surface area contributed by atoms with Crippen molar-refractivity contribution < 1.29 is 14.7 Å². The number of aryl methyl sites for hydroxylation is 1. The lowest BCUT2D eigenvalue weighted by Crippen LogP contribution is -2.12. The molecule has 2 rings (SSSR count). The first-order chi connectivity index (χ1) is 8.08. The molecule has 0 amide bonds. The molecule has 0 radical (unpaired) electrons. The number of rotatable bonds is 3. The fourth-order valence-electron chi connectivity index (χ4n) is 1.33. The van der Waals surface area contributed by atoms with E-state index in [4.69, 9.17) is 5.11 Å². The van der Waals surface area contributed by atoms with Gasteiger partial charge in [0.1, 0.15) is 0 Å². The minimum atomic E-state index is -1.47. The van der Waals surface area contributed by atoms with Crippen molar-refractivity contribution >= 4 is 11.8 Å². The van der Waals surface area contributed by atoms with Crippen LogP contribution in [0.15, 0.2) is 30.5 Å². The van der Waals surface area contributed by atoms with Crippen molar-refractivity contribution in [3.05, 3.63) is 41.7 Å². The topological polar surface area (TPSA) is 85.1 Å². The number of aromatic nitrogens is 3. The van der Waals surface area contributed by atoms with Crippen LogP contribution < -0.4 is 0 Å². The van der Waals surface area contributed by atoms with Crippen LogP contribution in [0.2, 0.25) is 0 Å². The molecule has 86 valence electrons. The largest absolute Gasteiger partial charge is 0.475 e. The Morgan fingerprint density at radius 1 is 1.24 bits per heavy atom. The number of Topliss-reactive ketones (excluding diaryl/α,β-unsaturated/α-hetero) is 1. The Bertz CT molecular complexity index is 572. The molecule has 0 spiro atoms. The summed E-state index contributed by atoms with van der Waals surface area (Å²) in [5, 5.41) is 16.6. The predicted molar refractivity (Wildman–Crippen MR) is 58.1 cm³/mol. The maximum absolute atomic E-state index is 11.2. The number of benzene rings is 1. The first-order valence-corrected chi connectivity index (χ1v) is 4.85. The molecule has 1 heterocycles. The Labute approximate surface area is 96.5 Å². The highest BCUT2D eigenvalue weighted by molar-refractivity contribution is 6.39. The Morgan fingerprint density at radius 3 is 2.35 bits per heavy atom. The summed E-state index contributed by atoms with van der Waals surface area (Å²) in [6.07, 6.45) is 1.61. The number of carbonyl (C=O) groups is 2. The molecule has 1 N–H and O–H groups in total. The summed E-state index contributed by atoms with van der Waals surface area (Å²) in [5.41, 5.74) is 1.57. The molecule has 1 aromatic heterocycles. The van der Waals surface area contributed by atoms with E-state index in [0.29, 0.717) is 5.69 Å². The Kier molecular flexibility index (Phi) is 2.70. The van der Waals surface area contributed by atoms with Gasteiger partial charge in [0.15, 0.2) is 0 Å². The van der Waals surface area contributed by atoms with Crippen LogP contribution in [0.1, 0.15) is 16.1 Å². The van der Waals surface area contributed by atoms with Crippen molar-refractivity contribution in [1.82, 2.24) is 15.0 Å². The van der Waals surface area contributed by atoms with Gasteiger partial charge in [-0.2, -0.15) is 15.0 Å². The first-order valence-electron chi connectivity index (χ1n) is 4.85. The number of ketones is 1. The number of carboxylic acid groups (broad SMARTS) is 1. The van der Waals surface area contributed by atoms with Crippen LogP contribution in [0.4, 0.5) is 0 Å². The summed E-state index contributed by atoms with van der Waals surface area (Å²) in [5.74, 6) is -2.40. The molecule has 0 bridgehead atoms. The second-order valence-corrected chi connectivity index (χ2v) is 3.46. The Balaban J connectivity index is 2.30. The van der Waals surface area contributed by atoms with E-state index in [2.05, 4.69) is 10.2 Å². The summed E-state index contributed by atoms with van der Waals surface area (Å²) in [7, 11) is 0. The summed E-state index contributed by atoms with van der Waals surface area (Å²) < 4.78 is 0. The summed E-state index contributed by atoms with van der Waals surface area (Å²) in [4.78, 5) is 23.0. The quantitative estimate of drug-likeness (QED) is 0.625. The van der Waals surface area contributed by atoms with Gasteiger partial charge in [-0.1, -0.05) is 0 Å². The molecule has 0 aliphatic carbocycles. The van der Waals surface area contributed by atoms with Crippen molar-refractivity contribution in [3.63, 3.8) is 0 Å². The lowest BCUT2D eigenvalue weighted by atomic mass is 10.1. The maximum atomic E-state index is 11.2. The van der Waals surface area contributed by atoms with E-state index in [1.54, 1.807) is 18.3 Å². The lowest BCUT2D eigenvalue weighted by Gasteiger charge is -2.00. The minimum Gasteiger partial charge on any atom is -0.475 e. The molecule has 0 saturated carbocycles. The first kappa shape index (κ1) is 11.0. The zero-order valence-electron chi connectivity index (χ0n) is 8.99. The van der Waals surface area contributed by atoms with E-state index in [1.165, 1.54) is 16.9 Å². The molecule has 0 saturated heterocycles. The highest BCUT2D eigenvalue weighted by atomic mass is 16.4. The molecule has 0 unspecified atom stereocenters. The summed E-state index contributed by atoms with van der Waals surface area (Å²) >= 11 is 0. The van der Waals surface area contributed by atoms with Gasteiger partial charge in [0, 0.05) is 5.56 Å². The molecule has 2 aromatic rings. The molecule has 0 atom stereocenters. The molecule has 0 aliphatic rings. The van der Waals surface area contributed by atoms with Crippen molar-refractivity contribution in [1.29, 1.82) is 0 Å². The zero-order valence-corrected chi connectivity index (χ0v) is 8.99. The van der Waals surface area contributed by atoms with Gasteiger partial charge in [0.2, 0.25) is 0 Å². The third-order valence-electron chi connectivity index (χ3n) is 2.16. The van der Waals surface area contributed by atoms with Crippen molar-refractivity contribution in [2.24, 2.45) is 0 Å². The van der Waals surface area contributed by atoms with Crippen LogP contribution in [0.5, 0.6) is 0 Å².